The second-order valence-corrected chi connectivity index (χ2v) is 7.78. The molecule has 2 fully saturated rings. The normalized spacial score (nSPS) is 31.6. The number of hydrogen-bond donors (Lipinski definition) is 0. The summed E-state index contributed by atoms with van der Waals surface area (Å²) < 4.78 is 0. The Morgan fingerprint density at radius 3 is 2.30 bits per heavy atom. The Balaban J connectivity index is 0.00000156. The van der Waals surface area contributed by atoms with Crippen LogP contribution in [0.1, 0.15) is 62.8 Å². The van der Waals surface area contributed by atoms with Crippen molar-refractivity contribution in [3.63, 3.8) is 0 Å². The van der Waals surface area contributed by atoms with Gasteiger partial charge in [0, 0.05) is 11.5 Å². The second kappa shape index (κ2) is 5.61. The average Bonchev–Trinajstić information content (AvgIpc) is 3.14. The fourth-order valence-corrected chi connectivity index (χ4v) is 5.83. The number of allylic oxidation sites excluding steroid dienone is 2. The van der Waals surface area contributed by atoms with Gasteiger partial charge in [0.05, 0.1) is 0 Å². The van der Waals surface area contributed by atoms with Crippen molar-refractivity contribution in [3.05, 3.63) is 40.0 Å². The van der Waals surface area contributed by atoms with Crippen LogP contribution in [-0.4, -0.2) is 5.78 Å². The molecule has 1 aromatic carbocycles. The molecule has 4 atom stereocenters. The van der Waals surface area contributed by atoms with Crippen molar-refractivity contribution in [1.29, 1.82) is 0 Å². The van der Waals surface area contributed by atoms with Crippen molar-refractivity contribution >= 4 is 11.4 Å². The largest absolute Gasteiger partial charge is 0.294 e. The van der Waals surface area contributed by atoms with Gasteiger partial charge in [0.15, 0.2) is 5.78 Å². The molecule has 0 aromatic heterocycles. The molecule has 0 radical (unpaired) electrons. The van der Waals surface area contributed by atoms with Gasteiger partial charge in [0.25, 0.3) is 0 Å². The summed E-state index contributed by atoms with van der Waals surface area (Å²) in [7, 11) is 0. The first-order valence-electron chi connectivity index (χ1n) is 8.88. The Labute approximate surface area is 141 Å². The molecule has 0 aliphatic heterocycles. The topological polar surface area (TPSA) is 17.1 Å². The standard InChI is InChI=1S/C21H26O.CH4/c1-5-14-9-11(2)8-12(3)17(14)19-13(4)18-15-6-7-16(10-15)20(18)21(19)22;/h8-9,15-16,18,20H,5-7,10H2,1-4H3;1H4/t15?,16?,18-,20+;/m1./s1. The molecule has 0 saturated heterocycles. The van der Waals surface area contributed by atoms with Gasteiger partial charge in [-0.2, -0.15) is 0 Å². The fourth-order valence-electron chi connectivity index (χ4n) is 5.83. The molecule has 0 spiro atoms. The van der Waals surface area contributed by atoms with Gasteiger partial charge >= 0.3 is 0 Å². The predicted octanol–water partition coefficient (Wildman–Crippen LogP) is 5.52. The second-order valence-electron chi connectivity index (χ2n) is 7.78. The molecule has 0 N–H and O–H groups in total. The molecule has 1 heteroatoms. The van der Waals surface area contributed by atoms with Crippen LogP contribution in [-0.2, 0) is 11.2 Å². The first kappa shape index (κ1) is 16.5. The monoisotopic (exact) mass is 310 g/mol. The predicted molar refractivity (Wildman–Crippen MR) is 97.4 cm³/mol. The Bertz CT molecular complexity index is 694. The highest BCUT2D eigenvalue weighted by Crippen LogP contribution is 2.60. The number of rotatable bonds is 2. The van der Waals surface area contributed by atoms with Crippen LogP contribution in [0.5, 0.6) is 0 Å². The van der Waals surface area contributed by atoms with Gasteiger partial charge in [0.1, 0.15) is 0 Å². The van der Waals surface area contributed by atoms with Gasteiger partial charge in [-0.05, 0) is 80.9 Å². The number of ketones is 1. The van der Waals surface area contributed by atoms with Crippen molar-refractivity contribution in [3.8, 4) is 0 Å². The summed E-state index contributed by atoms with van der Waals surface area (Å²) in [5.74, 6) is 2.81. The summed E-state index contributed by atoms with van der Waals surface area (Å²) in [4.78, 5) is 13.2. The molecule has 4 rings (SSSR count). The maximum Gasteiger partial charge on any atom is 0.167 e. The lowest BCUT2D eigenvalue weighted by Gasteiger charge is -2.24. The summed E-state index contributed by atoms with van der Waals surface area (Å²) in [5, 5.41) is 0. The number of Topliss-reactive ketones (excluding diaryl/α,β-unsaturated/α-hetero) is 1. The van der Waals surface area contributed by atoms with E-state index in [2.05, 4.69) is 39.8 Å². The maximum atomic E-state index is 13.2. The Kier molecular flexibility index (Phi) is 4.02. The third kappa shape index (κ3) is 2.16. The minimum Gasteiger partial charge on any atom is -0.294 e. The molecule has 1 aromatic rings. The number of aryl methyl sites for hydroxylation is 3. The zero-order valence-electron chi connectivity index (χ0n) is 14.2. The van der Waals surface area contributed by atoms with Crippen LogP contribution in [0.3, 0.4) is 0 Å². The zero-order chi connectivity index (χ0) is 15.6. The number of fused-ring (bicyclic) bond motifs is 5. The number of carbonyl (C=O) groups is 1. The number of carbonyl (C=O) groups excluding carboxylic acids is 1. The van der Waals surface area contributed by atoms with Crippen LogP contribution in [0.4, 0.5) is 0 Å². The summed E-state index contributed by atoms with van der Waals surface area (Å²) in [6, 6.07) is 4.52. The van der Waals surface area contributed by atoms with E-state index in [0.717, 1.165) is 17.9 Å². The highest BCUT2D eigenvalue weighted by Gasteiger charge is 2.56. The molecule has 23 heavy (non-hydrogen) atoms. The van der Waals surface area contributed by atoms with E-state index < -0.39 is 0 Å². The lowest BCUT2D eigenvalue weighted by atomic mass is 9.79. The number of benzene rings is 1. The van der Waals surface area contributed by atoms with Crippen LogP contribution in [0.15, 0.2) is 17.7 Å². The molecule has 3 aliphatic carbocycles. The first-order chi connectivity index (χ1) is 10.5. The molecular weight excluding hydrogens is 280 g/mol. The minimum atomic E-state index is 0. The van der Waals surface area contributed by atoms with Crippen molar-refractivity contribution in [1.82, 2.24) is 0 Å². The zero-order valence-corrected chi connectivity index (χ0v) is 14.2. The lowest BCUT2D eigenvalue weighted by Crippen LogP contribution is -2.24. The van der Waals surface area contributed by atoms with Gasteiger partial charge in [0.2, 0.25) is 0 Å². The molecule has 2 saturated carbocycles. The van der Waals surface area contributed by atoms with Crippen molar-refractivity contribution in [2.75, 3.05) is 0 Å². The molecule has 2 unspecified atom stereocenters. The molecule has 0 heterocycles. The molecule has 2 bridgehead atoms. The Morgan fingerprint density at radius 2 is 1.70 bits per heavy atom. The Hall–Kier alpha value is -1.37. The van der Waals surface area contributed by atoms with Gasteiger partial charge < -0.3 is 0 Å². The van der Waals surface area contributed by atoms with Crippen LogP contribution >= 0.6 is 0 Å². The highest BCUT2D eigenvalue weighted by molar-refractivity contribution is 6.26. The van der Waals surface area contributed by atoms with Gasteiger partial charge in [-0.3, -0.25) is 4.79 Å². The van der Waals surface area contributed by atoms with E-state index in [0.29, 0.717) is 23.5 Å². The van der Waals surface area contributed by atoms with Gasteiger partial charge in [-0.1, -0.05) is 37.6 Å². The average molecular weight is 310 g/mol. The third-order valence-electron chi connectivity index (χ3n) is 6.55. The fraction of sp³-hybridized carbons (Fsp3) is 0.591. The maximum absolute atomic E-state index is 13.2. The van der Waals surface area contributed by atoms with Crippen molar-refractivity contribution < 1.29 is 4.79 Å². The van der Waals surface area contributed by atoms with E-state index in [4.69, 9.17) is 0 Å². The quantitative estimate of drug-likeness (QED) is 0.703. The summed E-state index contributed by atoms with van der Waals surface area (Å²) >= 11 is 0. The van der Waals surface area contributed by atoms with Crippen molar-refractivity contribution in [2.45, 2.75) is 60.8 Å². The van der Waals surface area contributed by atoms with E-state index in [1.54, 1.807) is 0 Å². The van der Waals surface area contributed by atoms with Crippen LogP contribution in [0.25, 0.3) is 5.57 Å². The Morgan fingerprint density at radius 1 is 1.04 bits per heavy atom. The van der Waals surface area contributed by atoms with Crippen LogP contribution < -0.4 is 0 Å². The van der Waals surface area contributed by atoms with Crippen LogP contribution in [0.2, 0.25) is 0 Å². The highest BCUT2D eigenvalue weighted by atomic mass is 16.1. The lowest BCUT2D eigenvalue weighted by molar-refractivity contribution is -0.118. The summed E-state index contributed by atoms with van der Waals surface area (Å²) in [6.07, 6.45) is 4.94. The number of hydrogen-bond acceptors (Lipinski definition) is 1. The van der Waals surface area contributed by atoms with E-state index >= 15 is 0 Å². The molecular formula is C22H30O. The summed E-state index contributed by atoms with van der Waals surface area (Å²) in [5.41, 5.74) is 7.72. The smallest absolute Gasteiger partial charge is 0.167 e. The van der Waals surface area contributed by atoms with E-state index in [1.807, 2.05) is 0 Å². The van der Waals surface area contributed by atoms with Crippen molar-refractivity contribution in [2.24, 2.45) is 23.7 Å². The minimum absolute atomic E-state index is 0. The van der Waals surface area contributed by atoms with E-state index in [9.17, 15) is 4.79 Å². The molecule has 3 aliphatic rings. The summed E-state index contributed by atoms with van der Waals surface area (Å²) in [6.45, 7) is 8.79. The molecule has 1 nitrogen and oxygen atoms in total. The molecule has 124 valence electrons. The van der Waals surface area contributed by atoms with Gasteiger partial charge in [-0.15, -0.1) is 0 Å². The van der Waals surface area contributed by atoms with Crippen LogP contribution in [0, 0.1) is 37.5 Å². The van der Waals surface area contributed by atoms with E-state index in [1.165, 1.54) is 47.1 Å². The SMILES string of the molecule is C.CCc1cc(C)cc(C)c1C1=C(C)[C@@H]2C3CCC(C3)[C@@H]2C1=O. The first-order valence-corrected chi connectivity index (χ1v) is 8.88. The van der Waals surface area contributed by atoms with Gasteiger partial charge in [-0.25, -0.2) is 0 Å². The third-order valence-corrected chi connectivity index (χ3v) is 6.55. The molecule has 0 amide bonds. The van der Waals surface area contributed by atoms with E-state index in [-0.39, 0.29) is 7.43 Å².